The molecule has 1 N–H and O–H groups in total. The molecule has 0 spiro atoms. The maximum atomic E-state index is 12.2. The Kier molecular flexibility index (Phi) is 8.95. The predicted octanol–water partition coefficient (Wildman–Crippen LogP) is 1.25. The second-order valence-electron chi connectivity index (χ2n) is 4.92. The molecule has 1 unspecified atom stereocenters. The summed E-state index contributed by atoms with van der Waals surface area (Å²) in [6.45, 7) is 5.22. The average Bonchev–Trinajstić information content (AvgIpc) is 2.36. The van der Waals surface area contributed by atoms with Gasteiger partial charge in [0.1, 0.15) is 6.04 Å². The zero-order valence-corrected chi connectivity index (χ0v) is 12.6. The van der Waals surface area contributed by atoms with Crippen molar-refractivity contribution in [2.24, 2.45) is 5.92 Å². The van der Waals surface area contributed by atoms with Gasteiger partial charge in [0.15, 0.2) is 0 Å². The summed E-state index contributed by atoms with van der Waals surface area (Å²) in [6, 6.07) is -0.542. The normalized spacial score (nSPS) is 12.1. The van der Waals surface area contributed by atoms with Crippen molar-refractivity contribution in [2.75, 3.05) is 34.4 Å². The van der Waals surface area contributed by atoms with Gasteiger partial charge in [-0.25, -0.2) is 4.79 Å². The third kappa shape index (κ3) is 7.66. The molecule has 0 fully saturated rings. The van der Waals surface area contributed by atoms with Crippen molar-refractivity contribution in [1.29, 1.82) is 0 Å². The number of hydrogen-bond donors (Lipinski definition) is 1. The minimum Gasteiger partial charge on any atom is -0.453 e. The highest BCUT2D eigenvalue weighted by Gasteiger charge is 2.24. The number of carbonyl (C=O) groups excluding carboxylic acids is 2. The SMILES string of the molecule is COCCCN(C)C(=O)C(CC(C)C)NC(=O)OC. The van der Waals surface area contributed by atoms with Gasteiger partial charge in [0.2, 0.25) is 5.91 Å². The van der Waals surface area contributed by atoms with Crippen LogP contribution in [0.1, 0.15) is 26.7 Å². The molecular formula is C13H26N2O4. The smallest absolute Gasteiger partial charge is 0.407 e. The molecule has 6 nitrogen and oxygen atoms in total. The van der Waals surface area contributed by atoms with Crippen LogP contribution >= 0.6 is 0 Å². The molecular weight excluding hydrogens is 248 g/mol. The predicted molar refractivity (Wildman–Crippen MR) is 72.9 cm³/mol. The third-order valence-corrected chi connectivity index (χ3v) is 2.70. The van der Waals surface area contributed by atoms with E-state index < -0.39 is 12.1 Å². The lowest BCUT2D eigenvalue weighted by molar-refractivity contribution is -0.132. The lowest BCUT2D eigenvalue weighted by Crippen LogP contribution is -2.48. The second-order valence-corrected chi connectivity index (χ2v) is 4.92. The van der Waals surface area contributed by atoms with Gasteiger partial charge in [0, 0.05) is 27.3 Å². The van der Waals surface area contributed by atoms with Crippen LogP contribution in [0.5, 0.6) is 0 Å². The van der Waals surface area contributed by atoms with Gasteiger partial charge in [0.25, 0.3) is 0 Å². The lowest BCUT2D eigenvalue weighted by atomic mass is 10.0. The van der Waals surface area contributed by atoms with Crippen LogP contribution < -0.4 is 5.32 Å². The summed E-state index contributed by atoms with van der Waals surface area (Å²) in [4.78, 5) is 25.1. The minimum absolute atomic E-state index is 0.102. The summed E-state index contributed by atoms with van der Waals surface area (Å²) in [5, 5.41) is 2.59. The Balaban J connectivity index is 4.46. The second kappa shape index (κ2) is 9.61. The van der Waals surface area contributed by atoms with E-state index in [9.17, 15) is 9.59 Å². The molecule has 0 saturated carbocycles. The molecule has 0 aliphatic carbocycles. The van der Waals surface area contributed by atoms with E-state index in [1.807, 2.05) is 13.8 Å². The Morgan fingerprint density at radius 2 is 1.89 bits per heavy atom. The summed E-state index contributed by atoms with van der Waals surface area (Å²) in [5.41, 5.74) is 0. The third-order valence-electron chi connectivity index (χ3n) is 2.70. The highest BCUT2D eigenvalue weighted by atomic mass is 16.5. The first-order valence-corrected chi connectivity index (χ1v) is 6.50. The first kappa shape index (κ1) is 17.7. The number of amides is 2. The molecule has 0 rings (SSSR count). The van der Waals surface area contributed by atoms with E-state index in [0.29, 0.717) is 25.5 Å². The molecule has 19 heavy (non-hydrogen) atoms. The summed E-state index contributed by atoms with van der Waals surface area (Å²) in [5.74, 6) is 0.202. The molecule has 0 aliphatic heterocycles. The molecule has 6 heteroatoms. The fraction of sp³-hybridized carbons (Fsp3) is 0.846. The number of carbonyl (C=O) groups is 2. The van der Waals surface area contributed by atoms with Crippen LogP contribution in [-0.4, -0.2) is 57.4 Å². The molecule has 112 valence electrons. The largest absolute Gasteiger partial charge is 0.453 e. The standard InChI is InChI=1S/C13H26N2O4/c1-10(2)9-11(14-13(17)19-5)12(16)15(3)7-6-8-18-4/h10-11H,6-9H2,1-5H3,(H,14,17). The van der Waals surface area contributed by atoms with Crippen molar-refractivity contribution in [3.8, 4) is 0 Å². The lowest BCUT2D eigenvalue weighted by Gasteiger charge is -2.25. The van der Waals surface area contributed by atoms with E-state index in [-0.39, 0.29) is 5.91 Å². The van der Waals surface area contributed by atoms with E-state index >= 15 is 0 Å². The van der Waals surface area contributed by atoms with Crippen LogP contribution in [0.2, 0.25) is 0 Å². The van der Waals surface area contributed by atoms with Gasteiger partial charge in [-0.3, -0.25) is 4.79 Å². The monoisotopic (exact) mass is 274 g/mol. The Morgan fingerprint density at radius 3 is 2.37 bits per heavy atom. The number of methoxy groups -OCH3 is 2. The Bertz CT molecular complexity index is 282. The molecule has 2 amide bonds. The Labute approximate surface area is 115 Å². The number of rotatable bonds is 8. The van der Waals surface area contributed by atoms with Crippen molar-refractivity contribution in [3.63, 3.8) is 0 Å². The topological polar surface area (TPSA) is 67.9 Å². The van der Waals surface area contributed by atoms with Gasteiger partial charge >= 0.3 is 6.09 Å². The first-order chi connectivity index (χ1) is 8.92. The average molecular weight is 274 g/mol. The zero-order chi connectivity index (χ0) is 14.8. The quantitative estimate of drug-likeness (QED) is 0.676. The number of alkyl carbamates (subject to hydrolysis) is 1. The number of nitrogens with zero attached hydrogens (tertiary/aromatic N) is 1. The molecule has 1 atom stereocenters. The van der Waals surface area contributed by atoms with Crippen LogP contribution in [0.3, 0.4) is 0 Å². The van der Waals surface area contributed by atoms with E-state index in [4.69, 9.17) is 4.74 Å². The van der Waals surface area contributed by atoms with Crippen molar-refractivity contribution in [1.82, 2.24) is 10.2 Å². The molecule has 0 aromatic carbocycles. The van der Waals surface area contributed by atoms with Gasteiger partial charge in [-0.05, 0) is 18.8 Å². The number of ether oxygens (including phenoxy) is 2. The van der Waals surface area contributed by atoms with Crippen molar-refractivity contribution in [2.45, 2.75) is 32.7 Å². The fourth-order valence-electron chi connectivity index (χ4n) is 1.72. The van der Waals surface area contributed by atoms with Crippen LogP contribution in [0.15, 0.2) is 0 Å². The maximum Gasteiger partial charge on any atom is 0.407 e. The molecule has 0 saturated heterocycles. The molecule has 0 aromatic heterocycles. The van der Waals surface area contributed by atoms with Gasteiger partial charge in [-0.1, -0.05) is 13.8 Å². The summed E-state index contributed by atoms with van der Waals surface area (Å²) >= 11 is 0. The molecule has 0 radical (unpaired) electrons. The van der Waals surface area contributed by atoms with Crippen LogP contribution in [0, 0.1) is 5.92 Å². The van der Waals surface area contributed by atoms with Crippen LogP contribution in [-0.2, 0) is 14.3 Å². The number of hydrogen-bond acceptors (Lipinski definition) is 4. The van der Waals surface area contributed by atoms with E-state index in [2.05, 4.69) is 10.1 Å². The van der Waals surface area contributed by atoms with Crippen molar-refractivity contribution in [3.05, 3.63) is 0 Å². The van der Waals surface area contributed by atoms with E-state index in [1.165, 1.54) is 7.11 Å². The molecule has 0 aromatic rings. The van der Waals surface area contributed by atoms with Crippen LogP contribution in [0.25, 0.3) is 0 Å². The Morgan fingerprint density at radius 1 is 1.26 bits per heavy atom. The van der Waals surface area contributed by atoms with Crippen LogP contribution in [0.4, 0.5) is 4.79 Å². The molecule has 0 bridgehead atoms. The van der Waals surface area contributed by atoms with Crippen molar-refractivity contribution < 1.29 is 19.1 Å². The first-order valence-electron chi connectivity index (χ1n) is 6.50. The molecule has 0 heterocycles. The molecule has 0 aliphatic rings. The van der Waals surface area contributed by atoms with Gasteiger partial charge in [0.05, 0.1) is 7.11 Å². The van der Waals surface area contributed by atoms with Gasteiger partial charge in [-0.2, -0.15) is 0 Å². The summed E-state index contributed by atoms with van der Waals surface area (Å²) in [6.07, 6.45) is 0.776. The number of nitrogens with one attached hydrogen (secondary N) is 1. The number of likely N-dealkylation sites (N-methyl/N-ethyl adjacent to an activating group) is 1. The summed E-state index contributed by atoms with van der Waals surface area (Å²) in [7, 11) is 4.64. The van der Waals surface area contributed by atoms with E-state index in [1.54, 1.807) is 19.1 Å². The summed E-state index contributed by atoms with van der Waals surface area (Å²) < 4.78 is 9.50. The highest BCUT2D eigenvalue weighted by Crippen LogP contribution is 2.08. The maximum absolute atomic E-state index is 12.2. The van der Waals surface area contributed by atoms with Gasteiger partial charge < -0.3 is 19.7 Å². The highest BCUT2D eigenvalue weighted by molar-refractivity contribution is 5.85. The van der Waals surface area contributed by atoms with Gasteiger partial charge in [-0.15, -0.1) is 0 Å². The fourth-order valence-corrected chi connectivity index (χ4v) is 1.72. The van der Waals surface area contributed by atoms with E-state index in [0.717, 1.165) is 6.42 Å². The van der Waals surface area contributed by atoms with Crippen molar-refractivity contribution >= 4 is 12.0 Å². The Hall–Kier alpha value is -1.30. The zero-order valence-electron chi connectivity index (χ0n) is 12.6. The minimum atomic E-state index is -0.579.